The summed E-state index contributed by atoms with van der Waals surface area (Å²) in [6, 6.07) is 9.36. The maximum atomic E-state index is 2.36. The maximum Gasteiger partial charge on any atom is 0.0796 e. The Hall–Kier alpha value is 0.0200. The minimum Gasteiger partial charge on any atom is -0.125 e. The van der Waals surface area contributed by atoms with Crippen molar-refractivity contribution in [2.45, 2.75) is 18.9 Å². The summed E-state index contributed by atoms with van der Waals surface area (Å²) < 4.78 is 3.00. The molecule has 0 spiro atoms. The first-order valence-corrected chi connectivity index (χ1v) is 14.0. The van der Waals surface area contributed by atoms with Crippen LogP contribution < -0.4 is 0 Å². The molecule has 1 aromatic heterocycles. The topological polar surface area (TPSA) is 0 Å². The van der Waals surface area contributed by atoms with Gasteiger partial charge in [-0.05, 0) is 17.5 Å². The maximum absolute atomic E-state index is 2.36. The van der Waals surface area contributed by atoms with E-state index in [1.807, 2.05) is 32.4 Å². The van der Waals surface area contributed by atoms with E-state index >= 15 is 0 Å². The van der Waals surface area contributed by atoms with E-state index in [0.717, 1.165) is 0 Å². The van der Waals surface area contributed by atoms with E-state index in [-0.39, 0.29) is 0 Å². The Bertz CT molecular complexity index is 1030. The molecule has 120 valence electrons. The molecule has 0 amide bonds. The first-order valence-electron chi connectivity index (χ1n) is 7.87. The number of rotatable bonds is 0. The molecule has 0 radical (unpaired) electrons. The molecule has 24 heavy (non-hydrogen) atoms. The van der Waals surface area contributed by atoms with Gasteiger partial charge in [0.15, 0.2) is 0 Å². The fourth-order valence-corrected chi connectivity index (χ4v) is 11.6. The van der Waals surface area contributed by atoms with Crippen molar-refractivity contribution in [3.05, 3.63) is 24.3 Å². The Kier molecular flexibility index (Phi) is 3.63. The minimum atomic E-state index is 1.21. The summed E-state index contributed by atoms with van der Waals surface area (Å²) in [5, 5.41) is 7.57. The smallest absolute Gasteiger partial charge is 0.0796 e. The highest BCUT2D eigenvalue weighted by molar-refractivity contribution is 8.07. The summed E-state index contributed by atoms with van der Waals surface area (Å²) in [6.07, 6.45) is 0. The normalized spacial score (nSPS) is 17.5. The van der Waals surface area contributed by atoms with Gasteiger partial charge in [-0.25, -0.2) is 0 Å². The molecule has 6 heteroatoms. The molecule has 0 saturated heterocycles. The van der Waals surface area contributed by atoms with Crippen LogP contribution in [0, 0.1) is 0 Å². The van der Waals surface area contributed by atoms with E-state index in [0.29, 0.717) is 0 Å². The molecule has 3 heterocycles. The van der Waals surface area contributed by atoms with Gasteiger partial charge in [-0.2, -0.15) is 0 Å². The molecule has 0 bridgehead atoms. The van der Waals surface area contributed by atoms with Crippen LogP contribution >= 0.6 is 67.7 Å². The second-order valence-electron chi connectivity index (χ2n) is 5.86. The lowest BCUT2D eigenvalue weighted by molar-refractivity contribution is 1.32. The van der Waals surface area contributed by atoms with Crippen LogP contribution in [0.2, 0.25) is 0 Å². The third-order valence-electron chi connectivity index (χ3n) is 4.58. The van der Waals surface area contributed by atoms with Crippen molar-refractivity contribution in [2.75, 3.05) is 23.0 Å². The van der Waals surface area contributed by atoms with E-state index in [4.69, 9.17) is 0 Å². The summed E-state index contributed by atoms with van der Waals surface area (Å²) in [4.78, 5) is 4.63. The highest BCUT2D eigenvalue weighted by Crippen LogP contribution is 2.55. The monoisotopic (exact) mass is 420 g/mol. The quantitative estimate of drug-likeness (QED) is 0.211. The Morgan fingerprint density at radius 1 is 0.583 bits per heavy atom. The van der Waals surface area contributed by atoms with Gasteiger partial charge in [-0.15, -0.1) is 47.0 Å². The lowest BCUT2D eigenvalue weighted by atomic mass is 9.98. The van der Waals surface area contributed by atoms with Crippen molar-refractivity contribution in [1.82, 2.24) is 0 Å². The number of hydrogen-bond donors (Lipinski definition) is 0. The fraction of sp³-hybridized carbons (Fsp3) is 0.222. The van der Waals surface area contributed by atoms with Gasteiger partial charge in [-0.1, -0.05) is 32.8 Å². The Balaban J connectivity index is 1.98. The largest absolute Gasteiger partial charge is 0.125 e. The Morgan fingerprint density at radius 3 is 2.25 bits per heavy atom. The van der Waals surface area contributed by atoms with Gasteiger partial charge in [0.2, 0.25) is 0 Å². The molecule has 3 aromatic carbocycles. The van der Waals surface area contributed by atoms with Crippen LogP contribution in [0.5, 0.6) is 0 Å². The molecule has 2 aliphatic rings. The van der Waals surface area contributed by atoms with Gasteiger partial charge >= 0.3 is 0 Å². The van der Waals surface area contributed by atoms with E-state index in [1.165, 1.54) is 48.8 Å². The molecular formula is C18H12S6. The van der Waals surface area contributed by atoms with Gasteiger partial charge in [0.25, 0.3) is 0 Å². The van der Waals surface area contributed by atoms with Crippen molar-refractivity contribution in [1.29, 1.82) is 0 Å². The zero-order valence-electron chi connectivity index (χ0n) is 12.6. The highest BCUT2D eigenvalue weighted by Gasteiger charge is 2.26. The molecular weight excluding hydrogens is 409 g/mol. The van der Waals surface area contributed by atoms with Gasteiger partial charge in [0.05, 0.1) is 4.21 Å². The van der Waals surface area contributed by atoms with E-state index in [2.05, 4.69) is 59.6 Å². The van der Waals surface area contributed by atoms with Gasteiger partial charge in [0.1, 0.15) is 0 Å². The predicted octanol–water partition coefficient (Wildman–Crippen LogP) is 7.66. The number of thioether (sulfide) groups is 4. The molecule has 6 rings (SSSR count). The molecule has 0 aliphatic carbocycles. The number of fused-ring (bicyclic) bond motifs is 1. The summed E-state index contributed by atoms with van der Waals surface area (Å²) in [5.41, 5.74) is 0. The molecule has 0 nitrogen and oxygen atoms in total. The average molecular weight is 421 g/mol. The van der Waals surface area contributed by atoms with Crippen LogP contribution in [0.3, 0.4) is 0 Å². The van der Waals surface area contributed by atoms with Crippen molar-refractivity contribution < 1.29 is 0 Å². The average Bonchev–Trinajstić information content (AvgIpc) is 2.97. The number of benzene rings is 3. The third kappa shape index (κ3) is 2.04. The SMILES string of the molecule is c1cc2ccc3ssc4c5c(c6c(c1SCCS6)c2c35)SCCS4. The molecule has 0 N–H and O–H groups in total. The Morgan fingerprint density at radius 2 is 1.33 bits per heavy atom. The molecule has 0 saturated carbocycles. The highest BCUT2D eigenvalue weighted by atomic mass is 32.9. The molecule has 0 atom stereocenters. The van der Waals surface area contributed by atoms with Crippen LogP contribution in [0.15, 0.2) is 43.2 Å². The van der Waals surface area contributed by atoms with Gasteiger partial charge in [0, 0.05) is 63.9 Å². The van der Waals surface area contributed by atoms with Crippen LogP contribution in [0.4, 0.5) is 0 Å². The summed E-state index contributed by atoms with van der Waals surface area (Å²) in [5.74, 6) is 4.87. The van der Waals surface area contributed by atoms with E-state index in [9.17, 15) is 0 Å². The zero-order valence-corrected chi connectivity index (χ0v) is 17.5. The van der Waals surface area contributed by atoms with Gasteiger partial charge < -0.3 is 0 Å². The third-order valence-corrected chi connectivity index (χ3v) is 12.5. The van der Waals surface area contributed by atoms with Crippen molar-refractivity contribution in [3.63, 3.8) is 0 Å². The van der Waals surface area contributed by atoms with Gasteiger partial charge in [-0.3, -0.25) is 0 Å². The zero-order chi connectivity index (χ0) is 15.7. The van der Waals surface area contributed by atoms with Crippen molar-refractivity contribution >= 4 is 99.4 Å². The second-order valence-corrected chi connectivity index (χ2v) is 12.7. The van der Waals surface area contributed by atoms with Crippen LogP contribution in [0.25, 0.3) is 31.6 Å². The van der Waals surface area contributed by atoms with Crippen LogP contribution in [0.1, 0.15) is 0 Å². The summed E-state index contributed by atoms with van der Waals surface area (Å²) >= 11 is 8.29. The lowest BCUT2D eigenvalue weighted by Gasteiger charge is -2.19. The standard InChI is InChI=1S/C18H12S6/c1-3-10-14-12-9(1)2-4-11-13(12)15-17(16(14)20-6-5-19-10)21-7-8-22-18(15)24-23-11/h1-4H,5-8H2. The van der Waals surface area contributed by atoms with Crippen molar-refractivity contribution in [2.24, 2.45) is 0 Å². The lowest BCUT2D eigenvalue weighted by Crippen LogP contribution is -1.91. The van der Waals surface area contributed by atoms with E-state index in [1.54, 1.807) is 24.8 Å². The minimum absolute atomic E-state index is 1.21. The Labute approximate surface area is 164 Å². The molecule has 2 aliphatic heterocycles. The molecule has 0 fully saturated rings. The molecule has 0 unspecified atom stereocenters. The summed E-state index contributed by atoms with van der Waals surface area (Å²) in [7, 11) is 3.94. The van der Waals surface area contributed by atoms with Crippen LogP contribution in [-0.4, -0.2) is 23.0 Å². The second kappa shape index (κ2) is 5.76. The first-order chi connectivity index (χ1) is 11.9. The van der Waals surface area contributed by atoms with Crippen molar-refractivity contribution in [3.8, 4) is 0 Å². The summed E-state index contributed by atoms with van der Waals surface area (Å²) in [6.45, 7) is 0. The van der Waals surface area contributed by atoms with Crippen LogP contribution in [-0.2, 0) is 0 Å². The first kappa shape index (κ1) is 15.1. The molecule has 4 aromatic rings. The number of hydrogen-bond acceptors (Lipinski definition) is 6. The predicted molar refractivity (Wildman–Crippen MR) is 118 cm³/mol. The fourth-order valence-electron chi connectivity index (χ4n) is 3.65. The van der Waals surface area contributed by atoms with E-state index < -0.39 is 0 Å².